The van der Waals surface area contributed by atoms with E-state index in [4.69, 9.17) is 9.72 Å². The number of carbonyl (C=O) groups excluding carboxylic acids is 2. The van der Waals surface area contributed by atoms with Crippen molar-refractivity contribution in [3.63, 3.8) is 0 Å². The van der Waals surface area contributed by atoms with Crippen LogP contribution in [0, 0.1) is 0 Å². The van der Waals surface area contributed by atoms with Crippen LogP contribution in [0.3, 0.4) is 0 Å². The maximum atomic E-state index is 12.6. The van der Waals surface area contributed by atoms with Gasteiger partial charge in [0.1, 0.15) is 17.2 Å². The fraction of sp³-hybridized carbons (Fsp3) is 0.542. The lowest BCUT2D eigenvalue weighted by molar-refractivity contribution is -0.129. The number of hydrogen-bond donors (Lipinski definition) is 1. The Morgan fingerprint density at radius 3 is 2.76 bits per heavy atom. The number of likely N-dealkylation sites (tertiary alicyclic amines) is 1. The summed E-state index contributed by atoms with van der Waals surface area (Å²) in [5.74, 6) is 0.958. The summed E-state index contributed by atoms with van der Waals surface area (Å²) in [5, 5.41) is 3.91. The van der Waals surface area contributed by atoms with Gasteiger partial charge in [-0.15, -0.1) is 0 Å². The van der Waals surface area contributed by atoms with Crippen LogP contribution in [0.25, 0.3) is 0 Å². The van der Waals surface area contributed by atoms with Gasteiger partial charge in [0.15, 0.2) is 5.13 Å². The van der Waals surface area contributed by atoms with Gasteiger partial charge >= 0.3 is 0 Å². The number of carbonyl (C=O) groups is 2. The van der Waals surface area contributed by atoms with Crippen LogP contribution in [0.1, 0.15) is 49.0 Å². The summed E-state index contributed by atoms with van der Waals surface area (Å²) in [5.41, 5.74) is 2.69. The third-order valence-corrected chi connectivity index (χ3v) is 7.98. The highest BCUT2D eigenvalue weighted by Gasteiger charge is 2.35. The van der Waals surface area contributed by atoms with Gasteiger partial charge in [0, 0.05) is 56.8 Å². The number of piperidine rings is 1. The summed E-state index contributed by atoms with van der Waals surface area (Å²) in [6, 6.07) is 6.71. The molecular weight excluding hydrogens is 438 g/mol. The van der Waals surface area contributed by atoms with Crippen molar-refractivity contribution < 1.29 is 14.3 Å². The Kier molecular flexibility index (Phi) is 5.47. The molecule has 0 radical (unpaired) electrons. The van der Waals surface area contributed by atoms with Crippen molar-refractivity contribution in [2.75, 3.05) is 43.1 Å². The van der Waals surface area contributed by atoms with Crippen LogP contribution in [0.5, 0.6) is 5.75 Å². The van der Waals surface area contributed by atoms with Crippen molar-refractivity contribution >= 4 is 39.7 Å². The molecule has 9 heteroatoms. The fourth-order valence-electron chi connectivity index (χ4n) is 4.98. The lowest BCUT2D eigenvalue weighted by Crippen LogP contribution is -2.48. The highest BCUT2D eigenvalue weighted by Crippen LogP contribution is 2.42. The predicted molar refractivity (Wildman–Crippen MR) is 130 cm³/mol. The number of hydrogen-bond acceptors (Lipinski definition) is 7. The number of rotatable bonds is 3. The van der Waals surface area contributed by atoms with Crippen molar-refractivity contribution in [3.8, 4) is 5.75 Å². The Morgan fingerprint density at radius 1 is 1.27 bits per heavy atom. The molecular formula is C24H31N5O3S. The predicted octanol–water partition coefficient (Wildman–Crippen LogP) is 3.19. The molecule has 0 atom stereocenters. The monoisotopic (exact) mass is 469 g/mol. The van der Waals surface area contributed by atoms with Gasteiger partial charge in [0.25, 0.3) is 5.91 Å². The zero-order chi connectivity index (χ0) is 23.3. The Morgan fingerprint density at radius 2 is 2.03 bits per heavy atom. The molecule has 1 aromatic carbocycles. The maximum Gasteiger partial charge on any atom is 0.263 e. The van der Waals surface area contributed by atoms with E-state index in [1.165, 1.54) is 11.3 Å². The third kappa shape index (κ3) is 4.14. The molecule has 0 aliphatic carbocycles. The molecule has 176 valence electrons. The van der Waals surface area contributed by atoms with Crippen molar-refractivity contribution in [3.05, 3.63) is 28.8 Å². The SMILES string of the molecule is CC(=O)N1CCC(N(C)c2ccc3c(c2)OCCN3c2nc3c(s2)C(=O)NC(C)(C)C3)CC1. The number of anilines is 3. The minimum Gasteiger partial charge on any atom is -0.489 e. The molecule has 2 amide bonds. The molecule has 33 heavy (non-hydrogen) atoms. The van der Waals surface area contributed by atoms with Gasteiger partial charge in [-0.3, -0.25) is 9.59 Å². The third-order valence-electron chi connectivity index (χ3n) is 6.86. The second-order valence-corrected chi connectivity index (χ2v) is 10.8. The van der Waals surface area contributed by atoms with Gasteiger partial charge in [-0.05, 0) is 38.8 Å². The standard InChI is InChI=1S/C24H31N5O3S/c1-15(30)28-9-7-16(8-10-28)27(4)17-5-6-19-20(13-17)32-12-11-29(19)23-25-18-14-24(2,3)26-22(31)21(18)33-23/h5-6,13,16H,7-12,14H2,1-4H3,(H,26,31). The van der Waals surface area contributed by atoms with Crippen LogP contribution in [0.2, 0.25) is 0 Å². The van der Waals surface area contributed by atoms with E-state index in [2.05, 4.69) is 40.4 Å². The van der Waals surface area contributed by atoms with E-state index in [1.54, 1.807) is 6.92 Å². The van der Waals surface area contributed by atoms with E-state index < -0.39 is 0 Å². The van der Waals surface area contributed by atoms with E-state index in [-0.39, 0.29) is 17.4 Å². The first-order valence-corrected chi connectivity index (χ1v) is 12.4. The number of aromatic nitrogens is 1. The number of benzene rings is 1. The molecule has 1 saturated heterocycles. The molecule has 0 saturated carbocycles. The molecule has 0 bridgehead atoms. The molecule has 1 N–H and O–H groups in total. The summed E-state index contributed by atoms with van der Waals surface area (Å²) in [6.07, 6.45) is 2.65. The van der Waals surface area contributed by atoms with Gasteiger partial charge in [-0.2, -0.15) is 0 Å². The quantitative estimate of drug-likeness (QED) is 0.744. The van der Waals surface area contributed by atoms with Gasteiger partial charge in [0.2, 0.25) is 5.91 Å². The minimum atomic E-state index is -0.279. The van der Waals surface area contributed by atoms with Crippen molar-refractivity contribution in [2.45, 2.75) is 51.6 Å². The Balaban J connectivity index is 1.37. The van der Waals surface area contributed by atoms with Crippen LogP contribution in [-0.4, -0.2) is 66.6 Å². The maximum absolute atomic E-state index is 12.6. The molecule has 3 aliphatic heterocycles. The highest BCUT2D eigenvalue weighted by molar-refractivity contribution is 7.17. The zero-order valence-electron chi connectivity index (χ0n) is 19.7. The van der Waals surface area contributed by atoms with Crippen LogP contribution in [0.4, 0.5) is 16.5 Å². The minimum absolute atomic E-state index is 0.0359. The van der Waals surface area contributed by atoms with Crippen molar-refractivity contribution in [1.29, 1.82) is 0 Å². The number of thiazole rings is 1. The molecule has 4 heterocycles. The first-order valence-electron chi connectivity index (χ1n) is 11.6. The van der Waals surface area contributed by atoms with Crippen LogP contribution in [0.15, 0.2) is 18.2 Å². The van der Waals surface area contributed by atoms with Crippen molar-refractivity contribution in [1.82, 2.24) is 15.2 Å². The number of nitrogens with one attached hydrogen (secondary N) is 1. The summed E-state index contributed by atoms with van der Waals surface area (Å²) < 4.78 is 6.03. The Labute approximate surface area is 198 Å². The van der Waals surface area contributed by atoms with E-state index in [1.807, 2.05) is 18.7 Å². The Hall–Kier alpha value is -2.81. The number of ether oxygens (including phenoxy) is 1. The molecule has 3 aliphatic rings. The summed E-state index contributed by atoms with van der Waals surface area (Å²) in [4.78, 5) is 36.2. The van der Waals surface area contributed by atoms with Crippen LogP contribution in [-0.2, 0) is 11.2 Å². The van der Waals surface area contributed by atoms with Gasteiger partial charge in [-0.1, -0.05) is 11.3 Å². The zero-order valence-corrected chi connectivity index (χ0v) is 20.5. The molecule has 8 nitrogen and oxygen atoms in total. The summed E-state index contributed by atoms with van der Waals surface area (Å²) in [7, 11) is 2.12. The van der Waals surface area contributed by atoms with Gasteiger partial charge < -0.3 is 24.8 Å². The smallest absolute Gasteiger partial charge is 0.263 e. The van der Waals surface area contributed by atoms with Crippen LogP contribution < -0.4 is 19.9 Å². The van der Waals surface area contributed by atoms with E-state index in [0.29, 0.717) is 24.1 Å². The molecule has 1 aromatic heterocycles. The summed E-state index contributed by atoms with van der Waals surface area (Å²) in [6.45, 7) is 8.57. The topological polar surface area (TPSA) is 78.0 Å². The molecule has 0 spiro atoms. The van der Waals surface area contributed by atoms with Crippen molar-refractivity contribution in [2.24, 2.45) is 0 Å². The highest BCUT2D eigenvalue weighted by atomic mass is 32.1. The molecule has 5 rings (SSSR count). The Bertz CT molecular complexity index is 1090. The van der Waals surface area contributed by atoms with E-state index in [0.717, 1.165) is 60.3 Å². The first-order chi connectivity index (χ1) is 15.7. The first kappa shape index (κ1) is 22.0. The van der Waals surface area contributed by atoms with E-state index >= 15 is 0 Å². The van der Waals surface area contributed by atoms with Crippen LogP contribution >= 0.6 is 11.3 Å². The fourth-order valence-corrected chi connectivity index (χ4v) is 6.00. The average molecular weight is 470 g/mol. The second-order valence-electron chi connectivity index (χ2n) is 9.79. The van der Waals surface area contributed by atoms with Gasteiger partial charge in [-0.25, -0.2) is 4.98 Å². The molecule has 2 aromatic rings. The normalized spacial score (nSPS) is 19.9. The second kappa shape index (κ2) is 8.20. The van der Waals surface area contributed by atoms with E-state index in [9.17, 15) is 9.59 Å². The average Bonchev–Trinajstić information content (AvgIpc) is 3.21. The van der Waals surface area contributed by atoms with Gasteiger partial charge in [0.05, 0.1) is 17.9 Å². The number of amides is 2. The largest absolute Gasteiger partial charge is 0.489 e. The number of nitrogens with zero attached hydrogens (tertiary/aromatic N) is 4. The number of fused-ring (bicyclic) bond motifs is 2. The lowest BCUT2D eigenvalue weighted by Gasteiger charge is -2.38. The molecule has 0 unspecified atom stereocenters. The lowest BCUT2D eigenvalue weighted by atomic mass is 9.94. The molecule has 1 fully saturated rings. The summed E-state index contributed by atoms with van der Waals surface area (Å²) >= 11 is 1.45.